The van der Waals surface area contributed by atoms with Crippen molar-refractivity contribution in [3.63, 3.8) is 0 Å². The molecule has 0 heterocycles. The number of halogens is 1. The van der Waals surface area contributed by atoms with Crippen molar-refractivity contribution in [2.75, 3.05) is 6.61 Å². The fourth-order valence-electron chi connectivity index (χ4n) is 1.74. The third-order valence-corrected chi connectivity index (χ3v) is 3.19. The summed E-state index contributed by atoms with van der Waals surface area (Å²) in [5, 5.41) is 22.5. The van der Waals surface area contributed by atoms with E-state index in [1.165, 1.54) is 6.92 Å². The summed E-state index contributed by atoms with van der Waals surface area (Å²) in [4.78, 5) is 22.3. The topological polar surface area (TPSA) is 92.5 Å². The van der Waals surface area contributed by atoms with Gasteiger partial charge in [0.1, 0.15) is 11.4 Å². The fourth-order valence-corrected chi connectivity index (χ4v) is 1.74. The van der Waals surface area contributed by atoms with E-state index in [0.717, 1.165) is 12.1 Å². The molecular formula is C13H17FN2O4. The van der Waals surface area contributed by atoms with Crippen molar-refractivity contribution in [3.05, 3.63) is 39.2 Å². The van der Waals surface area contributed by atoms with Gasteiger partial charge in [0.25, 0.3) is 11.6 Å². The fraction of sp³-hybridized carbons (Fsp3) is 0.462. The number of nitrogens with one attached hydrogen (secondary N) is 1. The van der Waals surface area contributed by atoms with Crippen LogP contribution in [0.4, 0.5) is 10.1 Å². The molecule has 1 aromatic rings. The van der Waals surface area contributed by atoms with Gasteiger partial charge in [0.15, 0.2) is 0 Å². The van der Waals surface area contributed by atoms with E-state index in [2.05, 4.69) is 5.32 Å². The number of benzene rings is 1. The number of hydrogen-bond acceptors (Lipinski definition) is 4. The molecule has 6 nitrogen and oxygen atoms in total. The molecule has 0 radical (unpaired) electrons. The van der Waals surface area contributed by atoms with Crippen molar-refractivity contribution < 1.29 is 19.2 Å². The SMILES string of the molecule is Cc1cc(F)cc(C(=O)NC(C)C(C)CO)c1[N+](=O)[O-]. The van der Waals surface area contributed by atoms with Gasteiger partial charge in [0, 0.05) is 18.2 Å². The highest BCUT2D eigenvalue weighted by Gasteiger charge is 2.25. The second-order valence-corrected chi connectivity index (χ2v) is 4.80. The monoisotopic (exact) mass is 284 g/mol. The van der Waals surface area contributed by atoms with Crippen molar-refractivity contribution in [1.29, 1.82) is 0 Å². The third-order valence-electron chi connectivity index (χ3n) is 3.19. The minimum Gasteiger partial charge on any atom is -0.396 e. The lowest BCUT2D eigenvalue weighted by atomic mass is 10.0. The number of nitro benzene ring substituents is 1. The van der Waals surface area contributed by atoms with E-state index in [1.807, 2.05) is 0 Å². The Balaban J connectivity index is 3.12. The molecule has 0 saturated carbocycles. The number of amides is 1. The van der Waals surface area contributed by atoms with Crippen LogP contribution in [0.25, 0.3) is 0 Å². The molecule has 20 heavy (non-hydrogen) atoms. The summed E-state index contributed by atoms with van der Waals surface area (Å²) >= 11 is 0. The Kier molecular flexibility index (Phi) is 5.15. The summed E-state index contributed by atoms with van der Waals surface area (Å²) in [6.07, 6.45) is 0. The van der Waals surface area contributed by atoms with Crippen LogP contribution in [0.5, 0.6) is 0 Å². The number of rotatable bonds is 5. The van der Waals surface area contributed by atoms with Crippen LogP contribution in [-0.2, 0) is 0 Å². The summed E-state index contributed by atoms with van der Waals surface area (Å²) in [6.45, 7) is 4.62. The first-order chi connectivity index (χ1) is 9.27. The first-order valence-corrected chi connectivity index (χ1v) is 6.14. The maximum Gasteiger partial charge on any atom is 0.285 e. The van der Waals surface area contributed by atoms with E-state index in [4.69, 9.17) is 5.11 Å². The first kappa shape index (κ1) is 16.0. The highest BCUT2D eigenvalue weighted by atomic mass is 19.1. The highest BCUT2D eigenvalue weighted by molar-refractivity contribution is 5.98. The third kappa shape index (κ3) is 3.51. The van der Waals surface area contributed by atoms with Crippen molar-refractivity contribution in [1.82, 2.24) is 5.32 Å². The molecule has 0 saturated heterocycles. The molecule has 2 atom stereocenters. The largest absolute Gasteiger partial charge is 0.396 e. The number of nitrogens with zero attached hydrogens (tertiary/aromatic N) is 1. The van der Waals surface area contributed by atoms with E-state index in [1.54, 1.807) is 13.8 Å². The zero-order valence-electron chi connectivity index (χ0n) is 11.5. The van der Waals surface area contributed by atoms with Gasteiger partial charge in [0.05, 0.1) is 4.92 Å². The molecule has 2 unspecified atom stereocenters. The van der Waals surface area contributed by atoms with Crippen LogP contribution in [0.2, 0.25) is 0 Å². The van der Waals surface area contributed by atoms with E-state index >= 15 is 0 Å². The number of carbonyl (C=O) groups excluding carboxylic acids is 1. The molecule has 0 fully saturated rings. The number of nitro groups is 1. The maximum atomic E-state index is 13.4. The Morgan fingerprint density at radius 2 is 2.10 bits per heavy atom. The van der Waals surface area contributed by atoms with Crippen molar-refractivity contribution >= 4 is 11.6 Å². The normalized spacial score (nSPS) is 13.7. The van der Waals surface area contributed by atoms with Gasteiger partial charge < -0.3 is 10.4 Å². The second kappa shape index (κ2) is 6.42. The van der Waals surface area contributed by atoms with Gasteiger partial charge in [-0.1, -0.05) is 6.92 Å². The number of carbonyl (C=O) groups is 1. The van der Waals surface area contributed by atoms with Crippen molar-refractivity contribution in [2.45, 2.75) is 26.8 Å². The summed E-state index contributed by atoms with van der Waals surface area (Å²) in [5.74, 6) is -1.65. The molecule has 1 amide bonds. The molecule has 2 N–H and O–H groups in total. The Morgan fingerprint density at radius 1 is 1.50 bits per heavy atom. The Morgan fingerprint density at radius 3 is 2.60 bits per heavy atom. The van der Waals surface area contributed by atoms with Gasteiger partial charge in [-0.2, -0.15) is 0 Å². The van der Waals surface area contributed by atoms with E-state index in [0.29, 0.717) is 0 Å². The summed E-state index contributed by atoms with van der Waals surface area (Å²) in [7, 11) is 0. The molecule has 0 aliphatic rings. The summed E-state index contributed by atoms with van der Waals surface area (Å²) in [5.41, 5.74) is -0.639. The minimum atomic E-state index is -0.730. The zero-order valence-corrected chi connectivity index (χ0v) is 11.5. The highest BCUT2D eigenvalue weighted by Crippen LogP contribution is 2.25. The van der Waals surface area contributed by atoms with Gasteiger partial charge >= 0.3 is 0 Å². The van der Waals surface area contributed by atoms with Gasteiger partial charge in [-0.15, -0.1) is 0 Å². The second-order valence-electron chi connectivity index (χ2n) is 4.80. The summed E-state index contributed by atoms with van der Waals surface area (Å²) in [6, 6.07) is 1.46. The Labute approximate surface area is 115 Å². The molecule has 110 valence electrons. The van der Waals surface area contributed by atoms with Crippen LogP contribution in [0.15, 0.2) is 12.1 Å². The number of aliphatic hydroxyl groups excluding tert-OH is 1. The van der Waals surface area contributed by atoms with E-state index in [-0.39, 0.29) is 23.7 Å². The van der Waals surface area contributed by atoms with Crippen LogP contribution in [-0.4, -0.2) is 28.6 Å². The first-order valence-electron chi connectivity index (χ1n) is 6.14. The average molecular weight is 284 g/mol. The van der Waals surface area contributed by atoms with Gasteiger partial charge in [-0.05, 0) is 31.9 Å². The molecule has 7 heteroatoms. The van der Waals surface area contributed by atoms with Crippen LogP contribution >= 0.6 is 0 Å². The average Bonchev–Trinajstić information content (AvgIpc) is 2.35. The van der Waals surface area contributed by atoms with Gasteiger partial charge in [0.2, 0.25) is 0 Å². The molecule has 0 spiro atoms. The molecule has 0 bridgehead atoms. The smallest absolute Gasteiger partial charge is 0.285 e. The van der Waals surface area contributed by atoms with Crippen molar-refractivity contribution in [2.24, 2.45) is 5.92 Å². The quantitative estimate of drug-likeness (QED) is 0.637. The Hall–Kier alpha value is -2.02. The molecule has 0 aliphatic heterocycles. The minimum absolute atomic E-state index is 0.0861. The van der Waals surface area contributed by atoms with E-state index < -0.39 is 28.4 Å². The molecule has 0 aromatic heterocycles. The van der Waals surface area contributed by atoms with Crippen LogP contribution < -0.4 is 5.32 Å². The lowest BCUT2D eigenvalue weighted by Gasteiger charge is -2.19. The molecule has 0 aliphatic carbocycles. The van der Waals surface area contributed by atoms with Gasteiger partial charge in [-0.3, -0.25) is 14.9 Å². The van der Waals surface area contributed by atoms with E-state index in [9.17, 15) is 19.3 Å². The lowest BCUT2D eigenvalue weighted by Crippen LogP contribution is -2.38. The predicted molar refractivity (Wildman–Crippen MR) is 71.0 cm³/mol. The standard InChI is InChI=1S/C13H17FN2O4/c1-7-4-10(14)5-11(12(7)16(19)20)13(18)15-9(3)8(2)6-17/h4-5,8-9,17H,6H2,1-3H3,(H,15,18). The van der Waals surface area contributed by atoms with Crippen LogP contribution in [0.3, 0.4) is 0 Å². The number of aryl methyl sites for hydroxylation is 1. The molecule has 1 rings (SSSR count). The van der Waals surface area contributed by atoms with Gasteiger partial charge in [-0.25, -0.2) is 4.39 Å². The maximum absolute atomic E-state index is 13.4. The predicted octanol–water partition coefficient (Wildman–Crippen LogP) is 1.79. The Bertz CT molecular complexity index is 533. The molecular weight excluding hydrogens is 267 g/mol. The summed E-state index contributed by atoms with van der Waals surface area (Å²) < 4.78 is 13.4. The lowest BCUT2D eigenvalue weighted by molar-refractivity contribution is -0.385. The zero-order chi connectivity index (χ0) is 15.4. The number of aliphatic hydroxyl groups is 1. The van der Waals surface area contributed by atoms with Crippen molar-refractivity contribution in [3.8, 4) is 0 Å². The van der Waals surface area contributed by atoms with Crippen LogP contribution in [0.1, 0.15) is 29.8 Å². The van der Waals surface area contributed by atoms with Crippen LogP contribution in [0, 0.1) is 28.8 Å². The number of hydrogen-bond donors (Lipinski definition) is 2. The molecule has 1 aromatic carbocycles.